The summed E-state index contributed by atoms with van der Waals surface area (Å²) in [7, 11) is 0. The predicted molar refractivity (Wildman–Crippen MR) is 66.7 cm³/mol. The number of aliphatic hydroxyl groups is 1. The van der Waals surface area contributed by atoms with Gasteiger partial charge in [-0.25, -0.2) is 4.98 Å². The van der Waals surface area contributed by atoms with Crippen LogP contribution in [0.3, 0.4) is 0 Å². The van der Waals surface area contributed by atoms with Crippen LogP contribution in [0.4, 0.5) is 0 Å². The molecule has 1 aromatic heterocycles. The lowest BCUT2D eigenvalue weighted by atomic mass is 10.1. The number of aromatic nitrogens is 1. The number of rotatable bonds is 3. The zero-order chi connectivity index (χ0) is 11.5. The lowest BCUT2D eigenvalue weighted by molar-refractivity contribution is 0.178. The second kappa shape index (κ2) is 4.76. The number of nitrogens with zero attached hydrogens (tertiary/aromatic N) is 1. The first-order chi connectivity index (χ1) is 7.66. The molecule has 1 atom stereocenters. The summed E-state index contributed by atoms with van der Waals surface area (Å²) >= 11 is 1.67. The number of thiazole rings is 1. The lowest BCUT2D eigenvalue weighted by Gasteiger charge is -2.08. The van der Waals surface area contributed by atoms with E-state index >= 15 is 0 Å². The highest BCUT2D eigenvalue weighted by Gasteiger charge is 2.11. The molecule has 2 nitrogen and oxygen atoms in total. The van der Waals surface area contributed by atoms with Gasteiger partial charge in [0.2, 0.25) is 0 Å². The fourth-order valence-corrected chi connectivity index (χ4v) is 2.56. The fourth-order valence-electron chi connectivity index (χ4n) is 1.58. The first-order valence-electron chi connectivity index (χ1n) is 5.32. The molecule has 3 heteroatoms. The van der Waals surface area contributed by atoms with E-state index in [1.54, 1.807) is 11.3 Å². The monoisotopic (exact) mass is 233 g/mol. The van der Waals surface area contributed by atoms with Gasteiger partial charge in [-0.15, -0.1) is 11.3 Å². The van der Waals surface area contributed by atoms with Gasteiger partial charge < -0.3 is 5.11 Å². The van der Waals surface area contributed by atoms with Gasteiger partial charge in [-0.3, -0.25) is 0 Å². The molecule has 0 aliphatic carbocycles. The summed E-state index contributed by atoms with van der Waals surface area (Å²) in [6.07, 6.45) is 0.148. The zero-order valence-electron chi connectivity index (χ0n) is 9.47. The maximum absolute atomic E-state index is 10.0. The van der Waals surface area contributed by atoms with Crippen LogP contribution in [0.5, 0.6) is 0 Å². The molecule has 0 saturated carbocycles. The first-order valence-corrected chi connectivity index (χ1v) is 6.14. The van der Waals surface area contributed by atoms with Crippen LogP contribution in [0, 0.1) is 13.8 Å². The van der Waals surface area contributed by atoms with E-state index in [1.807, 2.05) is 37.3 Å². The van der Waals surface area contributed by atoms with Crippen LogP contribution in [0.1, 0.15) is 27.2 Å². The Morgan fingerprint density at radius 2 is 1.94 bits per heavy atom. The summed E-state index contributed by atoms with van der Waals surface area (Å²) in [5.41, 5.74) is 2.02. The first kappa shape index (κ1) is 11.3. The van der Waals surface area contributed by atoms with Gasteiger partial charge >= 0.3 is 0 Å². The van der Waals surface area contributed by atoms with Crippen molar-refractivity contribution < 1.29 is 5.11 Å². The molecular formula is C13H15NOS. The van der Waals surface area contributed by atoms with Crippen LogP contribution in [-0.2, 0) is 6.42 Å². The molecule has 1 aromatic carbocycles. The second-order valence-electron chi connectivity index (χ2n) is 3.88. The second-order valence-corrected chi connectivity index (χ2v) is 5.17. The van der Waals surface area contributed by atoms with Gasteiger partial charge in [-0.2, -0.15) is 0 Å². The summed E-state index contributed by atoms with van der Waals surface area (Å²) in [5.74, 6) is 0. The maximum atomic E-state index is 10.0. The van der Waals surface area contributed by atoms with E-state index in [0.29, 0.717) is 6.42 Å². The molecule has 2 aromatic rings. The topological polar surface area (TPSA) is 33.1 Å². The highest BCUT2D eigenvalue weighted by molar-refractivity contribution is 7.11. The lowest BCUT2D eigenvalue weighted by Crippen LogP contribution is -2.01. The normalized spacial score (nSPS) is 12.7. The van der Waals surface area contributed by atoms with Crippen molar-refractivity contribution in [3.05, 3.63) is 51.5 Å². The van der Waals surface area contributed by atoms with Crippen LogP contribution in [0.2, 0.25) is 0 Å². The highest BCUT2D eigenvalue weighted by atomic mass is 32.1. The minimum Gasteiger partial charge on any atom is -0.388 e. The number of aryl methyl sites for hydroxylation is 2. The molecule has 0 aliphatic rings. The Morgan fingerprint density at radius 1 is 1.25 bits per heavy atom. The average Bonchev–Trinajstić information content (AvgIpc) is 2.59. The van der Waals surface area contributed by atoms with Crippen molar-refractivity contribution in [2.75, 3.05) is 0 Å². The smallest absolute Gasteiger partial charge is 0.0960 e. The van der Waals surface area contributed by atoms with Crippen molar-refractivity contribution in [2.45, 2.75) is 26.4 Å². The van der Waals surface area contributed by atoms with Gasteiger partial charge in [0.25, 0.3) is 0 Å². The van der Waals surface area contributed by atoms with Gasteiger partial charge in [-0.1, -0.05) is 30.3 Å². The molecule has 0 fully saturated rings. The standard InChI is InChI=1S/C13H15NOS/c1-9-10(2)16-13(14-9)8-12(15)11-6-4-3-5-7-11/h3-7,12,15H,8H2,1-2H3. The van der Waals surface area contributed by atoms with E-state index in [0.717, 1.165) is 16.3 Å². The van der Waals surface area contributed by atoms with Crippen molar-refractivity contribution in [3.63, 3.8) is 0 Å². The van der Waals surface area contributed by atoms with E-state index in [-0.39, 0.29) is 0 Å². The third-order valence-corrected chi connectivity index (χ3v) is 3.72. The molecule has 0 aliphatic heterocycles. The summed E-state index contributed by atoms with van der Waals surface area (Å²) in [6.45, 7) is 4.07. The molecule has 2 rings (SSSR count). The molecule has 1 heterocycles. The van der Waals surface area contributed by atoms with E-state index in [2.05, 4.69) is 11.9 Å². The number of hydrogen-bond donors (Lipinski definition) is 1. The van der Waals surface area contributed by atoms with Crippen molar-refractivity contribution in [1.82, 2.24) is 4.98 Å². The number of benzene rings is 1. The molecule has 1 unspecified atom stereocenters. The molecule has 0 spiro atoms. The summed E-state index contributed by atoms with van der Waals surface area (Å²) in [4.78, 5) is 5.67. The van der Waals surface area contributed by atoms with Gasteiger partial charge in [0.05, 0.1) is 16.8 Å². The summed E-state index contributed by atoms with van der Waals surface area (Å²) in [5, 5.41) is 11.0. The largest absolute Gasteiger partial charge is 0.388 e. The van der Waals surface area contributed by atoms with Gasteiger partial charge in [0, 0.05) is 11.3 Å². The van der Waals surface area contributed by atoms with Crippen LogP contribution < -0.4 is 0 Å². The van der Waals surface area contributed by atoms with Crippen molar-refractivity contribution in [3.8, 4) is 0 Å². The minimum absolute atomic E-state index is 0.453. The molecule has 0 amide bonds. The zero-order valence-corrected chi connectivity index (χ0v) is 10.3. The average molecular weight is 233 g/mol. The van der Waals surface area contributed by atoms with Gasteiger partial charge in [-0.05, 0) is 19.4 Å². The quantitative estimate of drug-likeness (QED) is 0.884. The Labute approximate surface area is 99.6 Å². The van der Waals surface area contributed by atoms with E-state index in [4.69, 9.17) is 0 Å². The predicted octanol–water partition coefficient (Wildman–Crippen LogP) is 3.04. The van der Waals surface area contributed by atoms with Crippen LogP contribution in [0.15, 0.2) is 30.3 Å². The summed E-state index contributed by atoms with van der Waals surface area (Å²) in [6, 6.07) is 9.72. The Hall–Kier alpha value is -1.19. The molecular weight excluding hydrogens is 218 g/mol. The van der Waals surface area contributed by atoms with Crippen molar-refractivity contribution in [2.24, 2.45) is 0 Å². The van der Waals surface area contributed by atoms with Crippen molar-refractivity contribution >= 4 is 11.3 Å². The minimum atomic E-state index is -0.453. The van der Waals surface area contributed by atoms with E-state index in [1.165, 1.54) is 4.88 Å². The molecule has 84 valence electrons. The highest BCUT2D eigenvalue weighted by Crippen LogP contribution is 2.23. The van der Waals surface area contributed by atoms with Crippen LogP contribution >= 0.6 is 11.3 Å². The number of aliphatic hydroxyl groups excluding tert-OH is 1. The Balaban J connectivity index is 2.11. The van der Waals surface area contributed by atoms with Gasteiger partial charge in [0.1, 0.15) is 0 Å². The molecule has 16 heavy (non-hydrogen) atoms. The van der Waals surface area contributed by atoms with E-state index < -0.39 is 6.10 Å². The number of hydrogen-bond acceptors (Lipinski definition) is 3. The SMILES string of the molecule is Cc1nc(CC(O)c2ccccc2)sc1C. The maximum Gasteiger partial charge on any atom is 0.0960 e. The Kier molecular flexibility index (Phi) is 3.36. The van der Waals surface area contributed by atoms with Crippen molar-refractivity contribution in [1.29, 1.82) is 0 Å². The molecule has 1 N–H and O–H groups in total. The van der Waals surface area contributed by atoms with E-state index in [9.17, 15) is 5.11 Å². The summed E-state index contributed by atoms with van der Waals surface area (Å²) < 4.78 is 0. The third-order valence-electron chi connectivity index (χ3n) is 2.63. The molecule has 0 saturated heterocycles. The van der Waals surface area contributed by atoms with Crippen LogP contribution in [0.25, 0.3) is 0 Å². The van der Waals surface area contributed by atoms with Crippen LogP contribution in [-0.4, -0.2) is 10.1 Å². The third kappa shape index (κ3) is 2.49. The molecule has 0 bridgehead atoms. The van der Waals surface area contributed by atoms with Gasteiger partial charge in [0.15, 0.2) is 0 Å². The molecule has 0 radical (unpaired) electrons. The Morgan fingerprint density at radius 3 is 2.50 bits per heavy atom. The fraction of sp³-hybridized carbons (Fsp3) is 0.308. The Bertz CT molecular complexity index is 445.